The number of para-hydroxylation sites is 1. The Morgan fingerprint density at radius 3 is 2.77 bits per heavy atom. The van der Waals surface area contributed by atoms with Crippen LogP contribution in [0.1, 0.15) is 13.3 Å². The van der Waals surface area contributed by atoms with E-state index in [0.29, 0.717) is 17.9 Å². The summed E-state index contributed by atoms with van der Waals surface area (Å²) in [6, 6.07) is 8.88. The molecule has 22 heavy (non-hydrogen) atoms. The van der Waals surface area contributed by atoms with Crippen molar-refractivity contribution in [1.82, 2.24) is 0 Å². The molecule has 0 unspecified atom stereocenters. The SMILES string of the molecule is C/C(O)=C1/C(=O)N(c2ccccc2)[C@]2(O)C[C@H]1[C@H]1CO[C@@H]2O1. The maximum absolute atomic E-state index is 12.9. The van der Waals surface area contributed by atoms with Crippen LogP contribution in [0.5, 0.6) is 0 Å². The molecule has 6 heteroatoms. The highest BCUT2D eigenvalue weighted by molar-refractivity contribution is 6.08. The summed E-state index contributed by atoms with van der Waals surface area (Å²) in [6.07, 6.45) is -0.876. The van der Waals surface area contributed by atoms with Gasteiger partial charge in [0.15, 0.2) is 5.72 Å². The van der Waals surface area contributed by atoms with Gasteiger partial charge in [0, 0.05) is 18.0 Å². The monoisotopic (exact) mass is 303 g/mol. The van der Waals surface area contributed by atoms with Crippen molar-refractivity contribution in [2.75, 3.05) is 11.5 Å². The van der Waals surface area contributed by atoms with Crippen LogP contribution in [-0.2, 0) is 14.3 Å². The molecular weight excluding hydrogens is 286 g/mol. The molecule has 3 saturated heterocycles. The van der Waals surface area contributed by atoms with Crippen LogP contribution in [0.15, 0.2) is 41.7 Å². The van der Waals surface area contributed by atoms with E-state index >= 15 is 0 Å². The number of amides is 1. The maximum atomic E-state index is 12.9. The second-order valence-corrected chi connectivity index (χ2v) is 6.00. The van der Waals surface area contributed by atoms with E-state index in [-0.39, 0.29) is 24.2 Å². The summed E-state index contributed by atoms with van der Waals surface area (Å²) in [5.41, 5.74) is -0.720. The highest BCUT2D eigenvalue weighted by Crippen LogP contribution is 2.49. The molecule has 1 amide bonds. The molecule has 1 aromatic carbocycles. The Balaban J connectivity index is 1.89. The van der Waals surface area contributed by atoms with Crippen molar-refractivity contribution < 1.29 is 24.5 Å². The minimum absolute atomic E-state index is 0.0352. The van der Waals surface area contributed by atoms with Crippen LogP contribution < -0.4 is 4.90 Å². The first-order valence-corrected chi connectivity index (χ1v) is 7.31. The molecule has 0 aliphatic carbocycles. The topological polar surface area (TPSA) is 79.2 Å². The molecule has 3 heterocycles. The van der Waals surface area contributed by atoms with E-state index in [2.05, 4.69) is 0 Å². The molecule has 0 saturated carbocycles. The third kappa shape index (κ3) is 1.68. The van der Waals surface area contributed by atoms with E-state index < -0.39 is 17.9 Å². The first kappa shape index (κ1) is 13.8. The van der Waals surface area contributed by atoms with Gasteiger partial charge in [-0.05, 0) is 19.1 Å². The smallest absolute Gasteiger partial charge is 0.260 e. The quantitative estimate of drug-likeness (QED) is 0.604. The maximum Gasteiger partial charge on any atom is 0.260 e. The molecule has 4 rings (SSSR count). The van der Waals surface area contributed by atoms with Gasteiger partial charge in [0.2, 0.25) is 6.29 Å². The highest BCUT2D eigenvalue weighted by atomic mass is 16.7. The zero-order valence-corrected chi connectivity index (χ0v) is 12.1. The van der Waals surface area contributed by atoms with Gasteiger partial charge in [0.25, 0.3) is 5.91 Å². The molecule has 0 radical (unpaired) electrons. The van der Waals surface area contributed by atoms with Gasteiger partial charge in [0.05, 0.1) is 24.0 Å². The predicted octanol–water partition coefficient (Wildman–Crippen LogP) is 1.32. The Hall–Kier alpha value is -1.89. The summed E-state index contributed by atoms with van der Waals surface area (Å²) >= 11 is 0. The van der Waals surface area contributed by atoms with Crippen molar-refractivity contribution in [2.45, 2.75) is 31.5 Å². The lowest BCUT2D eigenvalue weighted by Crippen LogP contribution is -2.67. The number of hydrogen-bond acceptors (Lipinski definition) is 5. The second-order valence-electron chi connectivity index (χ2n) is 6.00. The van der Waals surface area contributed by atoms with E-state index in [4.69, 9.17) is 9.47 Å². The van der Waals surface area contributed by atoms with Crippen molar-refractivity contribution in [3.8, 4) is 0 Å². The van der Waals surface area contributed by atoms with Gasteiger partial charge in [0.1, 0.15) is 0 Å². The van der Waals surface area contributed by atoms with Gasteiger partial charge >= 0.3 is 0 Å². The fourth-order valence-electron chi connectivity index (χ4n) is 3.70. The number of allylic oxidation sites excluding steroid dienone is 1. The lowest BCUT2D eigenvalue weighted by atomic mass is 9.78. The number of fused-ring (bicyclic) bond motifs is 6. The van der Waals surface area contributed by atoms with Gasteiger partial charge < -0.3 is 19.7 Å². The lowest BCUT2D eigenvalue weighted by molar-refractivity contribution is -0.226. The Morgan fingerprint density at radius 2 is 2.09 bits per heavy atom. The molecule has 2 N–H and O–H groups in total. The molecule has 4 bridgehead atoms. The summed E-state index contributed by atoms with van der Waals surface area (Å²) in [4.78, 5) is 14.2. The Kier molecular flexibility index (Phi) is 2.84. The number of carbonyl (C=O) groups is 1. The first-order valence-electron chi connectivity index (χ1n) is 7.31. The average Bonchev–Trinajstić information content (AvgIpc) is 2.93. The van der Waals surface area contributed by atoms with Gasteiger partial charge in [-0.25, -0.2) is 0 Å². The third-order valence-electron chi connectivity index (χ3n) is 4.65. The summed E-state index contributed by atoms with van der Waals surface area (Å²) in [5.74, 6) is -0.790. The normalized spacial score (nSPS) is 39.1. The Labute approximate surface area is 127 Å². The van der Waals surface area contributed by atoms with Crippen molar-refractivity contribution in [1.29, 1.82) is 0 Å². The van der Waals surface area contributed by atoms with Crippen LogP contribution in [0.25, 0.3) is 0 Å². The van der Waals surface area contributed by atoms with Crippen molar-refractivity contribution in [2.24, 2.45) is 5.92 Å². The molecule has 4 atom stereocenters. The summed E-state index contributed by atoms with van der Waals surface area (Å²) in [6.45, 7) is 1.80. The molecule has 3 aliphatic rings. The van der Waals surface area contributed by atoms with Gasteiger partial charge in [-0.15, -0.1) is 0 Å². The molecule has 116 valence electrons. The minimum Gasteiger partial charge on any atom is -0.512 e. The number of carbonyl (C=O) groups excluding carboxylic acids is 1. The zero-order valence-electron chi connectivity index (χ0n) is 12.1. The summed E-state index contributed by atoms with van der Waals surface area (Å²) < 4.78 is 11.3. The first-order chi connectivity index (χ1) is 10.5. The van der Waals surface area contributed by atoms with Crippen LogP contribution in [0.3, 0.4) is 0 Å². The molecular formula is C16H17NO5. The van der Waals surface area contributed by atoms with Crippen LogP contribution >= 0.6 is 0 Å². The van der Waals surface area contributed by atoms with Crippen LogP contribution in [-0.4, -0.2) is 40.8 Å². The van der Waals surface area contributed by atoms with Crippen LogP contribution in [0.4, 0.5) is 5.69 Å². The molecule has 1 aromatic rings. The number of anilines is 1. The van der Waals surface area contributed by atoms with E-state index in [1.54, 1.807) is 24.3 Å². The van der Waals surface area contributed by atoms with E-state index in [0.717, 1.165) is 0 Å². The Bertz CT molecular complexity index is 654. The third-order valence-corrected chi connectivity index (χ3v) is 4.65. The molecule has 3 fully saturated rings. The number of piperidine rings is 1. The number of ether oxygens (including phenoxy) is 2. The largest absolute Gasteiger partial charge is 0.512 e. The molecule has 6 nitrogen and oxygen atoms in total. The second kappa shape index (κ2) is 4.55. The standard InChI is InChI=1S/C16H17NO5/c1-9(18)13-11-7-16(20,15-21-8-12(11)22-15)17(14(13)19)10-5-3-2-4-6-10/h2-6,11-12,15,18,20H,7-8H2,1H3/b13-9-/t11-,12+,15+,16-/m0/s1. The zero-order chi connectivity index (χ0) is 15.5. The number of benzene rings is 1. The van der Waals surface area contributed by atoms with Gasteiger partial charge in [-0.1, -0.05) is 18.2 Å². The predicted molar refractivity (Wildman–Crippen MR) is 76.9 cm³/mol. The van der Waals surface area contributed by atoms with Crippen LogP contribution in [0, 0.1) is 5.92 Å². The summed E-state index contributed by atoms with van der Waals surface area (Å²) in [7, 11) is 0. The summed E-state index contributed by atoms with van der Waals surface area (Å²) in [5, 5.41) is 21.1. The van der Waals surface area contributed by atoms with E-state index in [9.17, 15) is 15.0 Å². The van der Waals surface area contributed by atoms with Crippen molar-refractivity contribution in [3.63, 3.8) is 0 Å². The van der Waals surface area contributed by atoms with E-state index in [1.807, 2.05) is 6.07 Å². The number of aliphatic hydroxyl groups is 2. The van der Waals surface area contributed by atoms with Crippen LogP contribution in [0.2, 0.25) is 0 Å². The lowest BCUT2D eigenvalue weighted by Gasteiger charge is -2.51. The van der Waals surface area contributed by atoms with Gasteiger partial charge in [-0.2, -0.15) is 0 Å². The number of rotatable bonds is 1. The molecule has 3 aliphatic heterocycles. The Morgan fingerprint density at radius 1 is 1.36 bits per heavy atom. The fraction of sp³-hybridized carbons (Fsp3) is 0.438. The van der Waals surface area contributed by atoms with E-state index in [1.165, 1.54) is 11.8 Å². The number of nitrogens with zero attached hydrogens (tertiary/aromatic N) is 1. The molecule has 0 spiro atoms. The minimum atomic E-state index is -1.56. The average molecular weight is 303 g/mol. The van der Waals surface area contributed by atoms with Gasteiger partial charge in [-0.3, -0.25) is 9.69 Å². The number of aliphatic hydroxyl groups excluding tert-OH is 1. The fourth-order valence-corrected chi connectivity index (χ4v) is 3.70. The highest BCUT2D eigenvalue weighted by Gasteiger charge is 2.63. The number of hydrogen-bond donors (Lipinski definition) is 2. The van der Waals surface area contributed by atoms with Crippen molar-refractivity contribution >= 4 is 11.6 Å². The molecule has 0 aromatic heterocycles. The van der Waals surface area contributed by atoms with Crippen molar-refractivity contribution in [3.05, 3.63) is 41.7 Å².